The molecule has 1 N–H and O–H groups in total. The van der Waals surface area contributed by atoms with Gasteiger partial charge in [0.15, 0.2) is 0 Å². The number of nitrogens with zero attached hydrogens (tertiary/aromatic N) is 2. The molecule has 0 aromatic carbocycles. The summed E-state index contributed by atoms with van der Waals surface area (Å²) in [5.41, 5.74) is 3.80. The van der Waals surface area contributed by atoms with Crippen LogP contribution in [0.15, 0.2) is 0 Å². The van der Waals surface area contributed by atoms with Crippen LogP contribution in [-0.2, 0) is 6.54 Å². The van der Waals surface area contributed by atoms with Crippen molar-refractivity contribution >= 4 is 0 Å². The number of rotatable bonds is 5. The van der Waals surface area contributed by atoms with Gasteiger partial charge in [0.2, 0.25) is 0 Å². The second-order valence-electron chi connectivity index (χ2n) is 4.67. The quantitative estimate of drug-likeness (QED) is 0.746. The Balaban J connectivity index is 1.79. The van der Waals surface area contributed by atoms with Crippen molar-refractivity contribution in [3.05, 3.63) is 17.0 Å². The van der Waals surface area contributed by atoms with Crippen LogP contribution in [0.2, 0.25) is 0 Å². The number of hydrogen-bond donors (Lipinski definition) is 1. The zero-order chi connectivity index (χ0) is 10.8. The Hall–Kier alpha value is -0.830. The van der Waals surface area contributed by atoms with E-state index in [1.54, 1.807) is 0 Å². The minimum absolute atomic E-state index is 0.965. The summed E-state index contributed by atoms with van der Waals surface area (Å²) in [5.74, 6) is 0.965. The van der Waals surface area contributed by atoms with Gasteiger partial charge in [0.05, 0.1) is 12.2 Å². The van der Waals surface area contributed by atoms with Gasteiger partial charge in [0, 0.05) is 12.2 Å². The Morgan fingerprint density at radius 3 is 2.60 bits per heavy atom. The highest BCUT2D eigenvalue weighted by atomic mass is 15.3. The van der Waals surface area contributed by atoms with Crippen LogP contribution in [0.25, 0.3) is 0 Å². The fourth-order valence-electron chi connectivity index (χ4n) is 1.82. The van der Waals surface area contributed by atoms with E-state index in [4.69, 9.17) is 0 Å². The van der Waals surface area contributed by atoms with Crippen molar-refractivity contribution in [2.45, 2.75) is 40.2 Å². The first-order valence-electron chi connectivity index (χ1n) is 5.90. The Morgan fingerprint density at radius 2 is 2.07 bits per heavy atom. The van der Waals surface area contributed by atoms with Crippen molar-refractivity contribution in [1.29, 1.82) is 0 Å². The first-order valence-corrected chi connectivity index (χ1v) is 5.90. The lowest BCUT2D eigenvalue weighted by atomic mass is 10.2. The summed E-state index contributed by atoms with van der Waals surface area (Å²) >= 11 is 0. The fourth-order valence-corrected chi connectivity index (χ4v) is 1.82. The van der Waals surface area contributed by atoms with Crippen molar-refractivity contribution in [3.8, 4) is 0 Å². The van der Waals surface area contributed by atoms with E-state index < -0.39 is 0 Å². The van der Waals surface area contributed by atoms with Gasteiger partial charge in [-0.15, -0.1) is 0 Å². The summed E-state index contributed by atoms with van der Waals surface area (Å²) in [6.45, 7) is 9.60. The third kappa shape index (κ3) is 2.59. The molecule has 1 saturated carbocycles. The molecule has 2 rings (SSSR count). The molecule has 3 nitrogen and oxygen atoms in total. The Bertz CT molecular complexity index is 337. The predicted molar refractivity (Wildman–Crippen MR) is 62.0 cm³/mol. The Morgan fingerprint density at radius 1 is 1.33 bits per heavy atom. The largest absolute Gasteiger partial charge is 0.315 e. The van der Waals surface area contributed by atoms with Crippen molar-refractivity contribution in [1.82, 2.24) is 15.1 Å². The second-order valence-corrected chi connectivity index (χ2v) is 4.67. The van der Waals surface area contributed by atoms with Gasteiger partial charge in [-0.2, -0.15) is 5.10 Å². The number of aromatic nitrogens is 2. The van der Waals surface area contributed by atoms with E-state index in [1.807, 2.05) is 0 Å². The molecular weight excluding hydrogens is 186 g/mol. The fraction of sp³-hybridized carbons (Fsp3) is 0.750. The summed E-state index contributed by atoms with van der Waals surface area (Å²) in [7, 11) is 0. The molecule has 1 heterocycles. The predicted octanol–water partition coefficient (Wildman–Crippen LogP) is 1.81. The zero-order valence-electron chi connectivity index (χ0n) is 10.0. The molecule has 84 valence electrons. The van der Waals surface area contributed by atoms with Gasteiger partial charge in [-0.3, -0.25) is 4.68 Å². The van der Waals surface area contributed by atoms with E-state index >= 15 is 0 Å². The molecule has 1 fully saturated rings. The summed E-state index contributed by atoms with van der Waals surface area (Å²) in [6, 6.07) is 0. The molecule has 0 atom stereocenters. The molecule has 0 bridgehead atoms. The van der Waals surface area contributed by atoms with Crippen LogP contribution in [0, 0.1) is 26.7 Å². The topological polar surface area (TPSA) is 29.9 Å². The molecule has 0 aliphatic heterocycles. The molecule has 3 heteroatoms. The van der Waals surface area contributed by atoms with E-state index in [9.17, 15) is 0 Å². The summed E-state index contributed by atoms with van der Waals surface area (Å²) < 4.78 is 2.12. The number of nitrogens with one attached hydrogen (secondary N) is 1. The van der Waals surface area contributed by atoms with Crippen molar-refractivity contribution < 1.29 is 0 Å². The smallest absolute Gasteiger partial charge is 0.0625 e. The second kappa shape index (κ2) is 4.35. The highest BCUT2D eigenvalue weighted by molar-refractivity contribution is 5.22. The van der Waals surface area contributed by atoms with Gasteiger partial charge in [0.25, 0.3) is 0 Å². The van der Waals surface area contributed by atoms with Crippen LogP contribution in [-0.4, -0.2) is 22.9 Å². The SMILES string of the molecule is Cc1nn(CCNCC2CC2)c(C)c1C. The maximum atomic E-state index is 4.52. The maximum Gasteiger partial charge on any atom is 0.0625 e. The molecular formula is C12H21N3. The lowest BCUT2D eigenvalue weighted by molar-refractivity contribution is 0.531. The van der Waals surface area contributed by atoms with E-state index in [0.29, 0.717) is 0 Å². The first kappa shape index (κ1) is 10.7. The average Bonchev–Trinajstić information content (AvgIpc) is 3.00. The van der Waals surface area contributed by atoms with Crippen LogP contribution < -0.4 is 5.32 Å². The molecule has 0 radical (unpaired) electrons. The van der Waals surface area contributed by atoms with Crippen molar-refractivity contribution in [3.63, 3.8) is 0 Å². The highest BCUT2D eigenvalue weighted by Gasteiger charge is 2.20. The molecule has 0 saturated heterocycles. The van der Waals surface area contributed by atoms with Gasteiger partial charge in [0.1, 0.15) is 0 Å². The third-order valence-electron chi connectivity index (χ3n) is 3.37. The van der Waals surface area contributed by atoms with Crippen LogP contribution in [0.3, 0.4) is 0 Å². The normalized spacial score (nSPS) is 15.9. The molecule has 1 aromatic heterocycles. The van der Waals surface area contributed by atoms with Crippen LogP contribution in [0.5, 0.6) is 0 Å². The van der Waals surface area contributed by atoms with Crippen LogP contribution in [0.1, 0.15) is 29.8 Å². The van der Waals surface area contributed by atoms with Gasteiger partial charge in [-0.1, -0.05) is 0 Å². The van der Waals surface area contributed by atoms with Crippen molar-refractivity contribution in [2.24, 2.45) is 5.92 Å². The van der Waals surface area contributed by atoms with E-state index in [0.717, 1.165) is 24.7 Å². The highest BCUT2D eigenvalue weighted by Crippen LogP contribution is 2.27. The van der Waals surface area contributed by atoms with Gasteiger partial charge >= 0.3 is 0 Å². The molecule has 0 amide bonds. The lowest BCUT2D eigenvalue weighted by Gasteiger charge is -2.06. The standard InChI is InChI=1S/C12H21N3/c1-9-10(2)14-15(11(9)3)7-6-13-8-12-4-5-12/h12-13H,4-8H2,1-3H3. The van der Waals surface area contributed by atoms with Crippen molar-refractivity contribution in [2.75, 3.05) is 13.1 Å². The van der Waals surface area contributed by atoms with E-state index in [2.05, 4.69) is 35.9 Å². The lowest BCUT2D eigenvalue weighted by Crippen LogP contribution is -2.23. The molecule has 15 heavy (non-hydrogen) atoms. The monoisotopic (exact) mass is 207 g/mol. The third-order valence-corrected chi connectivity index (χ3v) is 3.37. The van der Waals surface area contributed by atoms with Gasteiger partial charge in [-0.25, -0.2) is 0 Å². The summed E-state index contributed by atoms with van der Waals surface area (Å²) in [4.78, 5) is 0. The van der Waals surface area contributed by atoms with Crippen LogP contribution >= 0.6 is 0 Å². The Labute approximate surface area is 91.9 Å². The molecule has 0 unspecified atom stereocenters. The number of aryl methyl sites for hydroxylation is 1. The summed E-state index contributed by atoms with van der Waals surface area (Å²) in [5, 5.41) is 8.01. The average molecular weight is 207 g/mol. The van der Waals surface area contributed by atoms with E-state index in [1.165, 1.54) is 30.6 Å². The minimum Gasteiger partial charge on any atom is -0.315 e. The molecule has 1 aromatic rings. The van der Waals surface area contributed by atoms with Gasteiger partial charge in [-0.05, 0) is 51.6 Å². The maximum absolute atomic E-state index is 4.52. The molecule has 1 aliphatic rings. The molecule has 0 spiro atoms. The Kier molecular flexibility index (Phi) is 3.10. The van der Waals surface area contributed by atoms with E-state index in [-0.39, 0.29) is 0 Å². The first-order chi connectivity index (χ1) is 7.18. The zero-order valence-corrected chi connectivity index (χ0v) is 10.0. The van der Waals surface area contributed by atoms with Gasteiger partial charge < -0.3 is 5.32 Å². The van der Waals surface area contributed by atoms with Crippen LogP contribution in [0.4, 0.5) is 0 Å². The minimum atomic E-state index is 0.965. The summed E-state index contributed by atoms with van der Waals surface area (Å²) in [6.07, 6.45) is 2.85. The number of hydrogen-bond acceptors (Lipinski definition) is 2. The molecule has 1 aliphatic carbocycles.